The highest BCUT2D eigenvalue weighted by atomic mass is 16.2. The van der Waals surface area contributed by atoms with Gasteiger partial charge in [-0.2, -0.15) is 5.10 Å². The fourth-order valence-electron chi connectivity index (χ4n) is 4.16. The van der Waals surface area contributed by atoms with Crippen LogP contribution in [0.15, 0.2) is 18.6 Å². The molecule has 0 aromatic carbocycles. The first-order valence-electron chi connectivity index (χ1n) is 10.4. The van der Waals surface area contributed by atoms with E-state index >= 15 is 0 Å². The average molecular weight is 396 g/mol. The molecule has 0 spiro atoms. The van der Waals surface area contributed by atoms with Crippen molar-refractivity contribution >= 4 is 11.8 Å². The summed E-state index contributed by atoms with van der Waals surface area (Å²) in [6.45, 7) is 7.58. The summed E-state index contributed by atoms with van der Waals surface area (Å²) in [4.78, 5) is 38.0. The summed E-state index contributed by atoms with van der Waals surface area (Å²) in [5.41, 5.74) is 2.58. The Labute approximate surface area is 170 Å². The quantitative estimate of drug-likeness (QED) is 0.796. The molecule has 29 heavy (non-hydrogen) atoms. The minimum atomic E-state index is -0.0342. The van der Waals surface area contributed by atoms with E-state index in [1.54, 1.807) is 17.8 Å². The molecule has 2 aliphatic heterocycles. The summed E-state index contributed by atoms with van der Waals surface area (Å²) < 4.78 is 1.80. The number of hydrogen-bond acceptors (Lipinski definition) is 5. The van der Waals surface area contributed by atoms with E-state index in [1.165, 1.54) is 0 Å². The fraction of sp³-hybridized carbons (Fsp3) is 0.571. The van der Waals surface area contributed by atoms with Gasteiger partial charge in [0.25, 0.3) is 5.91 Å². The molecule has 2 aliphatic rings. The molecule has 1 saturated heterocycles. The highest BCUT2D eigenvalue weighted by Gasteiger charge is 2.30. The summed E-state index contributed by atoms with van der Waals surface area (Å²) in [6, 6.07) is 0.188. The number of piperidine rings is 1. The molecular formula is C21H28N6O2. The lowest BCUT2D eigenvalue weighted by Gasteiger charge is -2.35. The van der Waals surface area contributed by atoms with Gasteiger partial charge in [0, 0.05) is 57.0 Å². The maximum atomic E-state index is 12.9. The van der Waals surface area contributed by atoms with E-state index in [4.69, 9.17) is 4.98 Å². The summed E-state index contributed by atoms with van der Waals surface area (Å²) >= 11 is 0. The van der Waals surface area contributed by atoms with E-state index in [9.17, 15) is 9.59 Å². The van der Waals surface area contributed by atoms with Crippen molar-refractivity contribution in [3.63, 3.8) is 0 Å². The van der Waals surface area contributed by atoms with Gasteiger partial charge < -0.3 is 9.80 Å². The first-order valence-corrected chi connectivity index (χ1v) is 10.4. The number of aromatic nitrogens is 4. The summed E-state index contributed by atoms with van der Waals surface area (Å²) in [6.07, 6.45) is 9.00. The monoisotopic (exact) mass is 396 g/mol. The van der Waals surface area contributed by atoms with Gasteiger partial charge in [0.05, 0.1) is 23.5 Å². The first-order chi connectivity index (χ1) is 13.9. The molecule has 0 bridgehead atoms. The number of rotatable bonds is 3. The molecule has 0 radical (unpaired) electrons. The van der Waals surface area contributed by atoms with Crippen LogP contribution >= 0.6 is 0 Å². The van der Waals surface area contributed by atoms with E-state index in [0.29, 0.717) is 25.1 Å². The van der Waals surface area contributed by atoms with E-state index in [-0.39, 0.29) is 23.9 Å². The molecule has 4 heterocycles. The Morgan fingerprint density at radius 1 is 1.17 bits per heavy atom. The number of hydrogen-bond donors (Lipinski definition) is 0. The zero-order valence-corrected chi connectivity index (χ0v) is 17.3. The van der Waals surface area contributed by atoms with Crippen LogP contribution in [0.4, 0.5) is 0 Å². The Kier molecular flexibility index (Phi) is 5.34. The third-order valence-corrected chi connectivity index (χ3v) is 5.82. The zero-order valence-electron chi connectivity index (χ0n) is 17.3. The fourth-order valence-corrected chi connectivity index (χ4v) is 4.16. The van der Waals surface area contributed by atoms with Gasteiger partial charge in [-0.3, -0.25) is 14.3 Å². The second-order valence-electron chi connectivity index (χ2n) is 8.20. The van der Waals surface area contributed by atoms with Gasteiger partial charge >= 0.3 is 0 Å². The number of likely N-dealkylation sites (tertiary alicyclic amines) is 1. The largest absolute Gasteiger partial charge is 0.334 e. The minimum absolute atomic E-state index is 0.0124. The van der Waals surface area contributed by atoms with Crippen molar-refractivity contribution < 1.29 is 9.59 Å². The van der Waals surface area contributed by atoms with Crippen LogP contribution < -0.4 is 0 Å². The van der Waals surface area contributed by atoms with Crippen LogP contribution in [-0.4, -0.2) is 54.5 Å². The third-order valence-electron chi connectivity index (χ3n) is 5.82. The predicted molar refractivity (Wildman–Crippen MR) is 107 cm³/mol. The molecule has 1 atom stereocenters. The molecule has 8 heteroatoms. The van der Waals surface area contributed by atoms with Crippen molar-refractivity contribution in [3.8, 4) is 0 Å². The van der Waals surface area contributed by atoms with Crippen LogP contribution in [-0.2, 0) is 17.8 Å². The molecule has 0 N–H and O–H groups in total. The lowest BCUT2D eigenvalue weighted by Crippen LogP contribution is -2.39. The molecule has 0 saturated carbocycles. The van der Waals surface area contributed by atoms with Gasteiger partial charge in [0.15, 0.2) is 5.82 Å². The highest BCUT2D eigenvalue weighted by Crippen LogP contribution is 2.30. The smallest absolute Gasteiger partial charge is 0.257 e. The van der Waals surface area contributed by atoms with Crippen LogP contribution in [0, 0.1) is 0 Å². The van der Waals surface area contributed by atoms with Gasteiger partial charge in [-0.1, -0.05) is 0 Å². The maximum absolute atomic E-state index is 12.9. The Morgan fingerprint density at radius 3 is 2.72 bits per heavy atom. The van der Waals surface area contributed by atoms with E-state index in [2.05, 4.69) is 10.1 Å². The lowest BCUT2D eigenvalue weighted by atomic mass is 10.0. The lowest BCUT2D eigenvalue weighted by molar-refractivity contribution is -0.132. The number of nitrogens with zero attached hydrogens (tertiary/aromatic N) is 6. The second kappa shape index (κ2) is 7.93. The Bertz CT molecular complexity index is 922. The zero-order chi connectivity index (χ0) is 20.5. The standard InChI is InChI=1S/C21H28N6O2/c1-14(2)27-13-17(11-23-27)21(29)25-9-7-18-16(12-25)10-22-20(24-18)19-6-4-5-8-26(19)15(3)28/h10-11,13-14,19H,4-9,12H2,1-3H3/t19-/m0/s1. The molecule has 0 unspecified atom stereocenters. The van der Waals surface area contributed by atoms with E-state index in [1.807, 2.05) is 36.0 Å². The van der Waals surface area contributed by atoms with Crippen LogP contribution in [0.25, 0.3) is 0 Å². The second-order valence-corrected chi connectivity index (χ2v) is 8.20. The topological polar surface area (TPSA) is 84.2 Å². The molecule has 0 aliphatic carbocycles. The van der Waals surface area contributed by atoms with Crippen molar-refractivity contribution in [2.24, 2.45) is 0 Å². The average Bonchev–Trinajstić information content (AvgIpc) is 3.23. The Hall–Kier alpha value is -2.77. The van der Waals surface area contributed by atoms with Gasteiger partial charge in [0.2, 0.25) is 5.91 Å². The number of carbonyl (C=O) groups is 2. The predicted octanol–water partition coefficient (Wildman–Crippen LogP) is 2.53. The van der Waals surface area contributed by atoms with Crippen molar-refractivity contribution in [3.05, 3.63) is 41.2 Å². The van der Waals surface area contributed by atoms with Gasteiger partial charge in [-0.25, -0.2) is 9.97 Å². The molecule has 2 amide bonds. The Morgan fingerprint density at radius 2 is 2.00 bits per heavy atom. The van der Waals surface area contributed by atoms with Crippen molar-refractivity contribution in [2.45, 2.75) is 65.1 Å². The summed E-state index contributed by atoms with van der Waals surface area (Å²) in [5.74, 6) is 0.799. The SMILES string of the molecule is CC(=O)N1CCCC[C@H]1c1ncc2c(n1)CCN(C(=O)c1cnn(C(C)C)c1)C2. The summed E-state index contributed by atoms with van der Waals surface area (Å²) in [7, 11) is 0. The van der Waals surface area contributed by atoms with E-state index < -0.39 is 0 Å². The van der Waals surface area contributed by atoms with Crippen molar-refractivity contribution in [1.29, 1.82) is 0 Å². The van der Waals surface area contributed by atoms with E-state index in [0.717, 1.165) is 42.9 Å². The minimum Gasteiger partial charge on any atom is -0.334 e. The number of carbonyl (C=O) groups excluding carboxylic acids is 2. The molecular weight excluding hydrogens is 368 g/mol. The van der Waals surface area contributed by atoms with Crippen LogP contribution in [0.1, 0.15) is 79.6 Å². The Balaban J connectivity index is 1.50. The van der Waals surface area contributed by atoms with Crippen molar-refractivity contribution in [1.82, 2.24) is 29.5 Å². The molecule has 8 nitrogen and oxygen atoms in total. The van der Waals surface area contributed by atoms with Crippen LogP contribution in [0.5, 0.6) is 0 Å². The maximum Gasteiger partial charge on any atom is 0.257 e. The normalized spacial score (nSPS) is 19.4. The van der Waals surface area contributed by atoms with Gasteiger partial charge in [-0.05, 0) is 33.1 Å². The number of amides is 2. The molecule has 2 aromatic heterocycles. The van der Waals surface area contributed by atoms with Crippen LogP contribution in [0.2, 0.25) is 0 Å². The third kappa shape index (κ3) is 3.88. The first kappa shape index (κ1) is 19.5. The molecule has 2 aromatic rings. The number of fused-ring (bicyclic) bond motifs is 1. The molecule has 154 valence electrons. The molecule has 1 fully saturated rings. The van der Waals surface area contributed by atoms with Crippen LogP contribution in [0.3, 0.4) is 0 Å². The highest BCUT2D eigenvalue weighted by molar-refractivity contribution is 5.93. The van der Waals surface area contributed by atoms with Gasteiger partial charge in [0.1, 0.15) is 0 Å². The molecule has 4 rings (SSSR count). The van der Waals surface area contributed by atoms with Gasteiger partial charge in [-0.15, -0.1) is 0 Å². The van der Waals surface area contributed by atoms with Crippen molar-refractivity contribution in [2.75, 3.05) is 13.1 Å². The summed E-state index contributed by atoms with van der Waals surface area (Å²) in [5, 5.41) is 4.27.